The fraction of sp³-hybridized carbons (Fsp3) is 0.222. The maximum Gasteiger partial charge on any atom is 0.271 e. The SMILES string of the molecule is CCc1ccc(C=NNC(=O)c2ccc(OC)c(OC)c2)cc1. The van der Waals surface area contributed by atoms with Gasteiger partial charge in [-0.3, -0.25) is 4.79 Å². The second-order valence-electron chi connectivity index (χ2n) is 4.86. The van der Waals surface area contributed by atoms with Crippen molar-refractivity contribution in [2.75, 3.05) is 14.2 Å². The summed E-state index contributed by atoms with van der Waals surface area (Å²) in [5, 5.41) is 3.97. The Morgan fingerprint density at radius 3 is 2.39 bits per heavy atom. The fourth-order valence-corrected chi connectivity index (χ4v) is 2.05. The van der Waals surface area contributed by atoms with Crippen molar-refractivity contribution < 1.29 is 14.3 Å². The van der Waals surface area contributed by atoms with Gasteiger partial charge in [-0.05, 0) is 35.7 Å². The molecule has 0 saturated heterocycles. The standard InChI is InChI=1S/C18H20N2O3/c1-4-13-5-7-14(8-6-13)12-19-20-18(21)15-9-10-16(22-2)17(11-15)23-3/h5-12H,4H2,1-3H3,(H,20,21). The summed E-state index contributed by atoms with van der Waals surface area (Å²) in [4.78, 5) is 12.1. The van der Waals surface area contributed by atoms with Crippen molar-refractivity contribution in [2.45, 2.75) is 13.3 Å². The van der Waals surface area contributed by atoms with Gasteiger partial charge < -0.3 is 9.47 Å². The largest absolute Gasteiger partial charge is 0.493 e. The second kappa shape index (κ2) is 7.98. The van der Waals surface area contributed by atoms with E-state index in [0.717, 1.165) is 12.0 Å². The summed E-state index contributed by atoms with van der Waals surface area (Å²) in [6.45, 7) is 2.10. The molecule has 0 radical (unpaired) electrons. The van der Waals surface area contributed by atoms with Crippen LogP contribution in [0.2, 0.25) is 0 Å². The van der Waals surface area contributed by atoms with Crippen LogP contribution in [0.15, 0.2) is 47.6 Å². The van der Waals surface area contributed by atoms with E-state index in [2.05, 4.69) is 17.5 Å². The maximum atomic E-state index is 12.1. The average Bonchev–Trinajstić information content (AvgIpc) is 2.61. The monoisotopic (exact) mass is 312 g/mol. The Kier molecular flexibility index (Phi) is 5.74. The number of ether oxygens (including phenoxy) is 2. The predicted molar refractivity (Wildman–Crippen MR) is 90.4 cm³/mol. The van der Waals surface area contributed by atoms with Crippen LogP contribution in [0.25, 0.3) is 0 Å². The molecule has 0 aliphatic heterocycles. The summed E-state index contributed by atoms with van der Waals surface area (Å²) < 4.78 is 10.3. The van der Waals surface area contributed by atoms with Gasteiger partial charge in [-0.1, -0.05) is 31.2 Å². The molecule has 23 heavy (non-hydrogen) atoms. The molecule has 0 bridgehead atoms. The first-order chi connectivity index (χ1) is 11.2. The number of rotatable bonds is 6. The van der Waals surface area contributed by atoms with Crippen LogP contribution in [0.5, 0.6) is 11.5 Å². The summed E-state index contributed by atoms with van der Waals surface area (Å²) in [7, 11) is 3.07. The number of methoxy groups -OCH3 is 2. The molecule has 0 aromatic heterocycles. The first-order valence-corrected chi connectivity index (χ1v) is 7.32. The summed E-state index contributed by atoms with van der Waals surface area (Å²) in [5.41, 5.74) is 5.13. The van der Waals surface area contributed by atoms with Gasteiger partial charge in [0.15, 0.2) is 11.5 Å². The Bertz CT molecular complexity index is 694. The molecule has 0 atom stereocenters. The average molecular weight is 312 g/mol. The van der Waals surface area contributed by atoms with Crippen LogP contribution in [0.1, 0.15) is 28.4 Å². The third-order valence-electron chi connectivity index (χ3n) is 3.41. The quantitative estimate of drug-likeness (QED) is 0.659. The Balaban J connectivity index is 2.02. The zero-order valence-corrected chi connectivity index (χ0v) is 13.5. The van der Waals surface area contributed by atoms with E-state index in [9.17, 15) is 4.79 Å². The number of benzene rings is 2. The Morgan fingerprint density at radius 1 is 1.09 bits per heavy atom. The van der Waals surface area contributed by atoms with E-state index in [1.165, 1.54) is 12.7 Å². The molecule has 2 aromatic rings. The molecule has 0 saturated carbocycles. The van der Waals surface area contributed by atoms with E-state index < -0.39 is 0 Å². The number of aryl methyl sites for hydroxylation is 1. The summed E-state index contributed by atoms with van der Waals surface area (Å²) >= 11 is 0. The Labute approximate surface area is 135 Å². The number of carbonyl (C=O) groups excluding carboxylic acids is 1. The highest BCUT2D eigenvalue weighted by atomic mass is 16.5. The highest BCUT2D eigenvalue weighted by Gasteiger charge is 2.09. The summed E-state index contributed by atoms with van der Waals surface area (Å²) in [6, 6.07) is 13.0. The molecular formula is C18H20N2O3. The second-order valence-corrected chi connectivity index (χ2v) is 4.86. The van der Waals surface area contributed by atoms with E-state index in [4.69, 9.17) is 9.47 Å². The van der Waals surface area contributed by atoms with Crippen LogP contribution in [-0.4, -0.2) is 26.3 Å². The lowest BCUT2D eigenvalue weighted by Crippen LogP contribution is -2.17. The summed E-state index contributed by atoms with van der Waals surface area (Å²) in [5.74, 6) is 0.759. The van der Waals surface area contributed by atoms with Gasteiger partial charge in [0.25, 0.3) is 5.91 Å². The zero-order valence-electron chi connectivity index (χ0n) is 13.5. The van der Waals surface area contributed by atoms with Crippen molar-refractivity contribution in [3.63, 3.8) is 0 Å². The molecule has 0 aliphatic rings. The smallest absolute Gasteiger partial charge is 0.271 e. The van der Waals surface area contributed by atoms with Crippen molar-refractivity contribution in [1.82, 2.24) is 5.43 Å². The fourth-order valence-electron chi connectivity index (χ4n) is 2.05. The van der Waals surface area contributed by atoms with Gasteiger partial charge in [-0.15, -0.1) is 0 Å². The highest BCUT2D eigenvalue weighted by Crippen LogP contribution is 2.27. The highest BCUT2D eigenvalue weighted by molar-refractivity contribution is 5.95. The normalized spacial score (nSPS) is 10.6. The van der Waals surface area contributed by atoms with Gasteiger partial charge in [-0.2, -0.15) is 5.10 Å². The molecule has 1 N–H and O–H groups in total. The molecule has 2 aromatic carbocycles. The molecule has 0 spiro atoms. The van der Waals surface area contributed by atoms with Gasteiger partial charge in [0.2, 0.25) is 0 Å². The minimum absolute atomic E-state index is 0.313. The number of hydrogen-bond acceptors (Lipinski definition) is 4. The van der Waals surface area contributed by atoms with E-state index in [0.29, 0.717) is 17.1 Å². The lowest BCUT2D eigenvalue weighted by Gasteiger charge is -2.08. The molecule has 0 fully saturated rings. The van der Waals surface area contributed by atoms with E-state index >= 15 is 0 Å². The van der Waals surface area contributed by atoms with Crippen molar-refractivity contribution >= 4 is 12.1 Å². The molecule has 1 amide bonds. The molecule has 120 valence electrons. The number of amides is 1. The minimum atomic E-state index is -0.313. The van der Waals surface area contributed by atoms with Crippen LogP contribution < -0.4 is 14.9 Å². The number of carbonyl (C=O) groups is 1. The van der Waals surface area contributed by atoms with Crippen LogP contribution in [0.3, 0.4) is 0 Å². The van der Waals surface area contributed by atoms with E-state index in [1.54, 1.807) is 31.5 Å². The molecular weight excluding hydrogens is 292 g/mol. The molecule has 5 heteroatoms. The number of nitrogens with one attached hydrogen (secondary N) is 1. The van der Waals surface area contributed by atoms with Gasteiger partial charge in [0, 0.05) is 5.56 Å². The topological polar surface area (TPSA) is 59.9 Å². The van der Waals surface area contributed by atoms with Crippen LogP contribution in [0, 0.1) is 0 Å². The number of hydrazone groups is 1. The van der Waals surface area contributed by atoms with Gasteiger partial charge in [-0.25, -0.2) is 5.43 Å². The van der Waals surface area contributed by atoms with Crippen LogP contribution in [-0.2, 0) is 6.42 Å². The minimum Gasteiger partial charge on any atom is -0.493 e. The number of nitrogens with zero attached hydrogens (tertiary/aromatic N) is 1. The third-order valence-corrected chi connectivity index (χ3v) is 3.41. The molecule has 2 rings (SSSR count). The van der Waals surface area contributed by atoms with Gasteiger partial charge in [0.05, 0.1) is 20.4 Å². The Hall–Kier alpha value is -2.82. The van der Waals surface area contributed by atoms with Crippen LogP contribution in [0.4, 0.5) is 0 Å². The van der Waals surface area contributed by atoms with E-state index in [1.807, 2.05) is 24.3 Å². The van der Waals surface area contributed by atoms with Crippen molar-refractivity contribution in [1.29, 1.82) is 0 Å². The van der Waals surface area contributed by atoms with Crippen molar-refractivity contribution in [2.24, 2.45) is 5.10 Å². The first-order valence-electron chi connectivity index (χ1n) is 7.32. The maximum absolute atomic E-state index is 12.1. The number of hydrogen-bond donors (Lipinski definition) is 1. The molecule has 0 aliphatic carbocycles. The van der Waals surface area contributed by atoms with Crippen molar-refractivity contribution in [3.8, 4) is 11.5 Å². The van der Waals surface area contributed by atoms with Crippen molar-refractivity contribution in [3.05, 3.63) is 59.2 Å². The lowest BCUT2D eigenvalue weighted by atomic mass is 10.1. The zero-order chi connectivity index (χ0) is 16.7. The predicted octanol–water partition coefficient (Wildman–Crippen LogP) is 3.03. The van der Waals surface area contributed by atoms with Gasteiger partial charge in [0.1, 0.15) is 0 Å². The lowest BCUT2D eigenvalue weighted by molar-refractivity contribution is 0.0954. The van der Waals surface area contributed by atoms with Crippen LogP contribution >= 0.6 is 0 Å². The first kappa shape index (κ1) is 16.5. The third kappa shape index (κ3) is 4.32. The molecule has 5 nitrogen and oxygen atoms in total. The van der Waals surface area contributed by atoms with E-state index in [-0.39, 0.29) is 5.91 Å². The molecule has 0 heterocycles. The Morgan fingerprint density at radius 2 is 1.78 bits per heavy atom. The van der Waals surface area contributed by atoms with Gasteiger partial charge >= 0.3 is 0 Å². The summed E-state index contributed by atoms with van der Waals surface area (Å²) in [6.07, 6.45) is 2.60. The molecule has 0 unspecified atom stereocenters.